The number of ether oxygens (including phenoxy) is 4. The van der Waals surface area contributed by atoms with Gasteiger partial charge in [0.15, 0.2) is 0 Å². The second kappa shape index (κ2) is 27.3. The molecule has 5 amide bonds. The largest absolute Gasteiger partial charge is 0.487 e. The van der Waals surface area contributed by atoms with Gasteiger partial charge >= 0.3 is 12.1 Å². The van der Waals surface area contributed by atoms with Crippen LogP contribution < -0.4 is 41.8 Å². The molecule has 1 heterocycles. The summed E-state index contributed by atoms with van der Waals surface area (Å²) in [7, 11) is -4.23. The second-order valence-electron chi connectivity index (χ2n) is 22.3. The molecule has 22 heteroatoms. The number of nitrogens with zero attached hydrogens (tertiary/aromatic N) is 1. The molecule has 0 saturated carbocycles. The Hall–Kier alpha value is -7.56. The van der Waals surface area contributed by atoms with Crippen LogP contribution in [0.4, 0.5) is 4.79 Å². The number of nitrogens with one attached hydrogen (secondary N) is 6. The predicted octanol–water partition coefficient (Wildman–Crippen LogP) is 4.99. The van der Waals surface area contributed by atoms with Crippen LogP contribution in [0, 0.1) is 26.7 Å². The standard InChI is InChI=1S/C59H78N8O13S/c1-34(2)49(54(71)65-47(32-79-58(6,7)8)53(70)64-46(55(72)73)29-38-19-12-11-13-20-38)66-52(69)45(25-18-26-61-56(60)67-81(75,76)51-36(4)35(3)50-43(37(51)5)30-59(9,10)80-50)63-48(68)33-77-28-27-62-57(74)78-31-44-41-23-16-14-21-39(41)40-22-15-17-24-42(40)44/h11-17,19-24,34,44-47,49H,18,25-33H2,1-10H3,(H,62,74)(H,63,68)(H,64,70)(H,65,71)(H,66,69)(H,72,73)(H3,60,61,67)/t45-,46-,47-,49-/m0/s1. The number of nitrogens with two attached hydrogens (primary N) is 1. The number of carbonyl (C=O) groups is 6. The fourth-order valence-corrected chi connectivity index (χ4v) is 11.3. The fourth-order valence-electron chi connectivity index (χ4n) is 9.80. The Morgan fingerprint density at radius 1 is 0.802 bits per heavy atom. The first-order chi connectivity index (χ1) is 38.2. The van der Waals surface area contributed by atoms with Gasteiger partial charge in [0.1, 0.15) is 48.7 Å². The molecule has 0 radical (unpaired) electrons. The summed E-state index contributed by atoms with van der Waals surface area (Å²) in [6.45, 7) is 16.6. The third-order valence-corrected chi connectivity index (χ3v) is 15.6. The molecule has 1 aliphatic heterocycles. The van der Waals surface area contributed by atoms with Gasteiger partial charge in [-0.25, -0.2) is 22.7 Å². The first-order valence-corrected chi connectivity index (χ1v) is 28.6. The number of fused-ring (bicyclic) bond motifs is 4. The average molecular weight is 1140 g/mol. The molecular formula is C59H78N8O13S. The van der Waals surface area contributed by atoms with Gasteiger partial charge in [0.25, 0.3) is 10.0 Å². The molecule has 81 heavy (non-hydrogen) atoms. The highest BCUT2D eigenvalue weighted by Crippen LogP contribution is 2.45. The maximum absolute atomic E-state index is 14.3. The highest BCUT2D eigenvalue weighted by molar-refractivity contribution is 7.90. The van der Waals surface area contributed by atoms with Crippen molar-refractivity contribution < 1.29 is 61.2 Å². The van der Waals surface area contributed by atoms with Gasteiger partial charge in [-0.1, -0.05) is 92.7 Å². The summed E-state index contributed by atoms with van der Waals surface area (Å²) >= 11 is 0. The molecule has 4 atom stereocenters. The van der Waals surface area contributed by atoms with Crippen molar-refractivity contribution in [2.75, 3.05) is 39.5 Å². The van der Waals surface area contributed by atoms with Crippen LogP contribution in [-0.2, 0) is 61.0 Å². The number of sulfonamides is 1. The molecule has 6 rings (SSSR count). The van der Waals surface area contributed by atoms with Crippen molar-refractivity contribution in [1.29, 1.82) is 0 Å². The summed E-state index contributed by atoms with van der Waals surface area (Å²) in [5.41, 5.74) is 12.4. The number of carboxylic acids is 1. The quantitative estimate of drug-likeness (QED) is 0.0234. The molecule has 1 aliphatic carbocycles. The maximum Gasteiger partial charge on any atom is 0.407 e. The number of benzene rings is 4. The van der Waals surface area contributed by atoms with E-state index >= 15 is 0 Å². The van der Waals surface area contributed by atoms with E-state index in [0.717, 1.165) is 27.8 Å². The van der Waals surface area contributed by atoms with Crippen LogP contribution in [0.2, 0.25) is 0 Å². The first-order valence-electron chi connectivity index (χ1n) is 27.1. The SMILES string of the molecule is Cc1c(C)c(S(=O)(=O)NC(N)=NCCC[C@H](NC(=O)COCCNC(=O)OCC2c3ccccc3-c3ccccc32)C(=O)N[C@H](C(=O)N[C@@H](COC(C)(C)C)C(=O)N[C@@H](Cc2ccccc2)C(=O)O)C(C)C)c(C)c2c1OC(C)(C)C2. The lowest BCUT2D eigenvalue weighted by molar-refractivity contribution is -0.143. The summed E-state index contributed by atoms with van der Waals surface area (Å²) in [4.78, 5) is 85.1. The molecule has 0 saturated heterocycles. The van der Waals surface area contributed by atoms with Crippen molar-refractivity contribution in [2.24, 2.45) is 16.6 Å². The molecule has 21 nitrogen and oxygen atoms in total. The molecule has 0 spiro atoms. The normalized spacial score (nSPS) is 15.2. The molecule has 438 valence electrons. The zero-order valence-corrected chi connectivity index (χ0v) is 48.6. The van der Waals surface area contributed by atoms with E-state index in [1.165, 1.54) is 0 Å². The third kappa shape index (κ3) is 17.0. The van der Waals surface area contributed by atoms with E-state index in [1.807, 2.05) is 62.4 Å². The number of hydrogen-bond acceptors (Lipinski definition) is 13. The van der Waals surface area contributed by atoms with Crippen molar-refractivity contribution in [3.63, 3.8) is 0 Å². The van der Waals surface area contributed by atoms with E-state index < -0.39 is 99.6 Å². The van der Waals surface area contributed by atoms with E-state index in [1.54, 1.807) is 85.7 Å². The molecule has 0 fully saturated rings. The van der Waals surface area contributed by atoms with Gasteiger partial charge in [-0.2, -0.15) is 0 Å². The second-order valence-corrected chi connectivity index (χ2v) is 23.9. The molecular weight excluding hydrogens is 1060 g/mol. The van der Waals surface area contributed by atoms with Gasteiger partial charge in [-0.05, 0) is 119 Å². The highest BCUT2D eigenvalue weighted by atomic mass is 32.2. The lowest BCUT2D eigenvalue weighted by Gasteiger charge is -2.29. The number of aliphatic imine (C=N–C) groups is 1. The Morgan fingerprint density at radius 2 is 1.41 bits per heavy atom. The number of carbonyl (C=O) groups excluding carboxylic acids is 5. The van der Waals surface area contributed by atoms with Crippen LogP contribution in [0.3, 0.4) is 0 Å². The van der Waals surface area contributed by atoms with Gasteiger partial charge in [-0.15, -0.1) is 0 Å². The smallest absolute Gasteiger partial charge is 0.407 e. The van der Waals surface area contributed by atoms with E-state index in [-0.39, 0.29) is 63.0 Å². The summed E-state index contributed by atoms with van der Waals surface area (Å²) in [6.07, 6.45) is -0.216. The molecule has 4 aromatic carbocycles. The summed E-state index contributed by atoms with van der Waals surface area (Å²) in [6, 6.07) is 19.2. The monoisotopic (exact) mass is 1140 g/mol. The maximum atomic E-state index is 14.3. The van der Waals surface area contributed by atoms with Crippen LogP contribution in [0.15, 0.2) is 88.8 Å². The molecule has 2 aliphatic rings. The fraction of sp³-hybridized carbons (Fsp3) is 0.475. The minimum Gasteiger partial charge on any atom is -0.487 e. The molecule has 4 aromatic rings. The molecule has 0 bridgehead atoms. The Labute approximate surface area is 474 Å². The van der Waals surface area contributed by atoms with Crippen molar-refractivity contribution in [3.05, 3.63) is 118 Å². The van der Waals surface area contributed by atoms with Crippen LogP contribution in [0.5, 0.6) is 5.75 Å². The van der Waals surface area contributed by atoms with Crippen LogP contribution in [0.25, 0.3) is 11.1 Å². The van der Waals surface area contributed by atoms with E-state index in [2.05, 4.69) is 36.3 Å². The van der Waals surface area contributed by atoms with Crippen LogP contribution >= 0.6 is 0 Å². The molecule has 9 N–H and O–H groups in total. The van der Waals surface area contributed by atoms with Crippen molar-refractivity contribution in [1.82, 2.24) is 31.3 Å². The van der Waals surface area contributed by atoms with Crippen LogP contribution in [-0.4, -0.2) is 130 Å². The topological polar surface area (TPSA) is 304 Å². The number of alkyl carbamates (subject to hydrolysis) is 1. The lowest BCUT2D eigenvalue weighted by atomic mass is 9.94. The summed E-state index contributed by atoms with van der Waals surface area (Å²) in [5, 5.41) is 23.2. The van der Waals surface area contributed by atoms with Crippen molar-refractivity contribution in [3.8, 4) is 16.9 Å². The minimum absolute atomic E-state index is 0.0101. The number of amides is 5. The van der Waals surface area contributed by atoms with Gasteiger partial charge in [-0.3, -0.25) is 24.2 Å². The van der Waals surface area contributed by atoms with Crippen molar-refractivity contribution in [2.45, 2.75) is 141 Å². The Bertz CT molecular complexity index is 3040. The number of rotatable bonds is 26. The van der Waals surface area contributed by atoms with Gasteiger partial charge in [0.2, 0.25) is 29.6 Å². The van der Waals surface area contributed by atoms with Crippen molar-refractivity contribution >= 4 is 51.7 Å². The van der Waals surface area contributed by atoms with Gasteiger partial charge in [0, 0.05) is 37.4 Å². The highest BCUT2D eigenvalue weighted by Gasteiger charge is 2.38. The number of hydrogen-bond donors (Lipinski definition) is 8. The minimum atomic E-state index is -4.23. The first kappa shape index (κ1) is 62.6. The number of carboxylic acid groups (broad SMARTS) is 1. The predicted molar refractivity (Wildman–Crippen MR) is 305 cm³/mol. The summed E-state index contributed by atoms with van der Waals surface area (Å²) in [5.74, 6) is -4.92. The van der Waals surface area contributed by atoms with Crippen LogP contribution in [0.1, 0.15) is 106 Å². The van der Waals surface area contributed by atoms with Gasteiger partial charge in [0.05, 0.1) is 23.7 Å². The lowest BCUT2D eigenvalue weighted by Crippen LogP contribution is -2.60. The Morgan fingerprint density at radius 3 is 2.02 bits per heavy atom. The van der Waals surface area contributed by atoms with Gasteiger partial charge < -0.3 is 56.4 Å². The molecule has 0 aromatic heterocycles. The summed E-state index contributed by atoms with van der Waals surface area (Å²) < 4.78 is 53.3. The Balaban J connectivity index is 1.10. The van der Waals surface area contributed by atoms with E-state index in [4.69, 9.17) is 24.7 Å². The zero-order valence-electron chi connectivity index (χ0n) is 47.8. The number of aliphatic carboxylic acids is 1. The van der Waals surface area contributed by atoms with E-state index in [0.29, 0.717) is 34.4 Å². The average Bonchev–Trinajstić information content (AvgIpc) is 3.93. The zero-order chi connectivity index (χ0) is 59.4. The Kier molecular flexibility index (Phi) is 21.1. The number of guanidine groups is 1. The van der Waals surface area contributed by atoms with E-state index in [9.17, 15) is 42.3 Å². The third-order valence-electron chi connectivity index (χ3n) is 13.9. The molecule has 0 unspecified atom stereocenters.